The molecule has 4 rings (SSSR count). The molecule has 2 heterocycles. The number of carbonyl (C=O) groups excluding carboxylic acids is 3. The standard InChI is InChI=1S/C29H28N4O3S/c1-4-25(37-27-23(17-30)19(2)15-20(3)31-27)29(36)32(18-21-11-7-5-8-12-21)24-16-26(34)33(28(24)35)22-13-9-6-10-14-22/h5-15,24-25H,4,16,18H2,1-3H3. The first kappa shape index (κ1) is 26.1. The van der Waals surface area contributed by atoms with Crippen LogP contribution in [0.5, 0.6) is 0 Å². The van der Waals surface area contributed by atoms with Gasteiger partial charge in [0.05, 0.1) is 22.9 Å². The van der Waals surface area contributed by atoms with Crippen LogP contribution in [0.1, 0.15) is 42.1 Å². The van der Waals surface area contributed by atoms with Gasteiger partial charge in [-0.3, -0.25) is 14.4 Å². The molecule has 8 heteroatoms. The van der Waals surface area contributed by atoms with Crippen LogP contribution in [0.25, 0.3) is 0 Å². The maximum atomic E-state index is 14.0. The number of nitriles is 1. The van der Waals surface area contributed by atoms with Gasteiger partial charge in [0.25, 0.3) is 5.91 Å². The van der Waals surface area contributed by atoms with E-state index in [0.717, 1.165) is 16.8 Å². The van der Waals surface area contributed by atoms with E-state index in [-0.39, 0.29) is 24.8 Å². The normalized spacial score (nSPS) is 15.9. The summed E-state index contributed by atoms with van der Waals surface area (Å²) in [6.07, 6.45) is 0.379. The third-order valence-electron chi connectivity index (χ3n) is 6.32. The van der Waals surface area contributed by atoms with Crippen LogP contribution in [0.2, 0.25) is 0 Å². The Morgan fingerprint density at radius 2 is 1.78 bits per heavy atom. The van der Waals surface area contributed by atoms with Crippen molar-refractivity contribution in [2.45, 2.75) is 56.5 Å². The van der Waals surface area contributed by atoms with Gasteiger partial charge in [0, 0.05) is 12.2 Å². The Kier molecular flexibility index (Phi) is 8.04. The van der Waals surface area contributed by atoms with E-state index in [2.05, 4.69) is 11.1 Å². The van der Waals surface area contributed by atoms with E-state index in [9.17, 15) is 19.6 Å². The van der Waals surface area contributed by atoms with Crippen LogP contribution in [0.3, 0.4) is 0 Å². The molecular formula is C29H28N4O3S. The van der Waals surface area contributed by atoms with Crippen molar-refractivity contribution < 1.29 is 14.4 Å². The quantitative estimate of drug-likeness (QED) is 0.318. The highest BCUT2D eigenvalue weighted by atomic mass is 32.2. The van der Waals surface area contributed by atoms with Crippen LogP contribution in [0.15, 0.2) is 71.8 Å². The SMILES string of the molecule is CCC(Sc1nc(C)cc(C)c1C#N)C(=O)N(Cc1ccccc1)C1CC(=O)N(c2ccccc2)C1=O. The van der Waals surface area contributed by atoms with Gasteiger partial charge in [-0.15, -0.1) is 0 Å². The number of hydrogen-bond donors (Lipinski definition) is 0. The number of rotatable bonds is 8. The number of benzene rings is 2. The molecule has 1 aliphatic heterocycles. The molecule has 2 aromatic carbocycles. The highest BCUT2D eigenvalue weighted by Gasteiger charge is 2.45. The van der Waals surface area contributed by atoms with Crippen LogP contribution in [-0.4, -0.2) is 38.9 Å². The average Bonchev–Trinajstić information content (AvgIpc) is 3.19. The average molecular weight is 513 g/mol. The Balaban J connectivity index is 1.68. The molecule has 0 bridgehead atoms. The number of thioether (sulfide) groups is 1. The lowest BCUT2D eigenvalue weighted by Gasteiger charge is -2.31. The first-order chi connectivity index (χ1) is 17.8. The van der Waals surface area contributed by atoms with Gasteiger partial charge in [0.1, 0.15) is 17.1 Å². The monoisotopic (exact) mass is 512 g/mol. The fraction of sp³-hybridized carbons (Fsp3) is 0.276. The molecule has 7 nitrogen and oxygen atoms in total. The van der Waals surface area contributed by atoms with E-state index < -0.39 is 17.2 Å². The lowest BCUT2D eigenvalue weighted by Crippen LogP contribution is -2.48. The van der Waals surface area contributed by atoms with Gasteiger partial charge in [0.2, 0.25) is 11.8 Å². The van der Waals surface area contributed by atoms with Crippen molar-refractivity contribution in [1.82, 2.24) is 9.88 Å². The molecule has 1 aliphatic rings. The summed E-state index contributed by atoms with van der Waals surface area (Å²) >= 11 is 1.24. The molecule has 3 aromatic rings. The van der Waals surface area contributed by atoms with Crippen LogP contribution < -0.4 is 4.90 Å². The Morgan fingerprint density at radius 3 is 2.41 bits per heavy atom. The van der Waals surface area contributed by atoms with Gasteiger partial charge in [-0.1, -0.05) is 67.2 Å². The summed E-state index contributed by atoms with van der Waals surface area (Å²) in [7, 11) is 0. The predicted octanol–water partition coefficient (Wildman–Crippen LogP) is 4.80. The second kappa shape index (κ2) is 11.4. The van der Waals surface area contributed by atoms with Crippen molar-refractivity contribution in [3.05, 3.63) is 89.1 Å². The van der Waals surface area contributed by atoms with Crippen LogP contribution in [-0.2, 0) is 20.9 Å². The summed E-state index contributed by atoms with van der Waals surface area (Å²) in [5.74, 6) is -1.01. The molecule has 0 spiro atoms. The minimum atomic E-state index is -0.919. The highest BCUT2D eigenvalue weighted by molar-refractivity contribution is 8.00. The fourth-order valence-corrected chi connectivity index (χ4v) is 5.67. The molecule has 0 saturated carbocycles. The Labute approximate surface area is 221 Å². The molecule has 3 amide bonds. The van der Waals surface area contributed by atoms with Crippen molar-refractivity contribution in [3.8, 4) is 6.07 Å². The smallest absolute Gasteiger partial charge is 0.257 e. The lowest BCUT2D eigenvalue weighted by atomic mass is 10.1. The molecule has 2 atom stereocenters. The summed E-state index contributed by atoms with van der Waals surface area (Å²) in [5.41, 5.74) is 3.36. The fourth-order valence-electron chi connectivity index (χ4n) is 4.48. The number of nitrogens with zero attached hydrogens (tertiary/aromatic N) is 4. The number of pyridine rings is 1. The molecule has 37 heavy (non-hydrogen) atoms. The van der Waals surface area contributed by atoms with E-state index in [1.54, 1.807) is 24.3 Å². The number of amides is 3. The van der Waals surface area contributed by atoms with Crippen molar-refractivity contribution >= 4 is 35.2 Å². The molecule has 1 aromatic heterocycles. The Morgan fingerprint density at radius 1 is 1.14 bits per heavy atom. The van der Waals surface area contributed by atoms with Gasteiger partial charge in [-0.2, -0.15) is 5.26 Å². The van der Waals surface area contributed by atoms with Gasteiger partial charge < -0.3 is 4.90 Å². The summed E-state index contributed by atoms with van der Waals surface area (Å²) in [6, 6.07) is 21.3. The Hall–Kier alpha value is -3.96. The summed E-state index contributed by atoms with van der Waals surface area (Å²) in [5, 5.41) is 9.62. The van der Waals surface area contributed by atoms with Crippen LogP contribution >= 0.6 is 11.8 Å². The maximum Gasteiger partial charge on any atom is 0.257 e. The molecule has 1 fully saturated rings. The van der Waals surface area contributed by atoms with E-state index in [1.165, 1.54) is 21.6 Å². The zero-order valence-corrected chi connectivity index (χ0v) is 21.9. The predicted molar refractivity (Wildman–Crippen MR) is 143 cm³/mol. The molecule has 0 aliphatic carbocycles. The van der Waals surface area contributed by atoms with Crippen molar-refractivity contribution in [2.75, 3.05) is 4.90 Å². The van der Waals surface area contributed by atoms with E-state index in [4.69, 9.17) is 0 Å². The lowest BCUT2D eigenvalue weighted by molar-refractivity contribution is -0.138. The number of para-hydroxylation sites is 1. The van der Waals surface area contributed by atoms with E-state index in [0.29, 0.717) is 22.7 Å². The first-order valence-corrected chi connectivity index (χ1v) is 13.0. The van der Waals surface area contributed by atoms with E-state index >= 15 is 0 Å². The largest absolute Gasteiger partial charge is 0.325 e. The van der Waals surface area contributed by atoms with Crippen molar-refractivity contribution in [1.29, 1.82) is 5.26 Å². The second-order valence-electron chi connectivity index (χ2n) is 8.96. The number of aromatic nitrogens is 1. The van der Waals surface area contributed by atoms with Gasteiger partial charge in [-0.25, -0.2) is 9.88 Å². The highest BCUT2D eigenvalue weighted by Crippen LogP contribution is 2.33. The number of carbonyl (C=O) groups is 3. The zero-order chi connectivity index (χ0) is 26.5. The van der Waals surface area contributed by atoms with Crippen LogP contribution in [0.4, 0.5) is 5.69 Å². The van der Waals surface area contributed by atoms with E-state index in [1.807, 2.05) is 63.2 Å². The summed E-state index contributed by atoms with van der Waals surface area (Å²) in [4.78, 5) is 47.8. The summed E-state index contributed by atoms with van der Waals surface area (Å²) in [6.45, 7) is 5.78. The second-order valence-corrected chi connectivity index (χ2v) is 10.2. The number of imide groups is 1. The molecule has 1 saturated heterocycles. The number of aryl methyl sites for hydroxylation is 2. The van der Waals surface area contributed by atoms with Crippen LogP contribution in [0, 0.1) is 25.2 Å². The minimum absolute atomic E-state index is 0.0847. The summed E-state index contributed by atoms with van der Waals surface area (Å²) < 4.78 is 0. The molecule has 188 valence electrons. The van der Waals surface area contributed by atoms with Gasteiger partial charge >= 0.3 is 0 Å². The minimum Gasteiger partial charge on any atom is -0.325 e. The molecule has 2 unspecified atom stereocenters. The van der Waals surface area contributed by atoms with Crippen molar-refractivity contribution in [2.24, 2.45) is 0 Å². The third-order valence-corrected chi connectivity index (χ3v) is 7.65. The topological polar surface area (TPSA) is 94.4 Å². The molecular weight excluding hydrogens is 484 g/mol. The first-order valence-electron chi connectivity index (χ1n) is 12.1. The number of hydrogen-bond acceptors (Lipinski definition) is 6. The number of anilines is 1. The maximum absolute atomic E-state index is 14.0. The van der Waals surface area contributed by atoms with Gasteiger partial charge in [0.15, 0.2) is 0 Å². The van der Waals surface area contributed by atoms with Crippen molar-refractivity contribution in [3.63, 3.8) is 0 Å². The molecule has 0 radical (unpaired) electrons. The molecule has 0 N–H and O–H groups in total. The van der Waals surface area contributed by atoms with Gasteiger partial charge in [-0.05, 0) is 49.6 Å². The zero-order valence-electron chi connectivity index (χ0n) is 21.0. The third kappa shape index (κ3) is 5.57. The Bertz CT molecular complexity index is 1350.